The first-order chi connectivity index (χ1) is 16.5. The van der Waals surface area contributed by atoms with Crippen molar-refractivity contribution < 1.29 is 18.8 Å². The number of hydrogen-bond donors (Lipinski definition) is 2. The Hall–Kier alpha value is -3.39. The van der Waals surface area contributed by atoms with Gasteiger partial charge in [-0.1, -0.05) is 23.7 Å². The molecule has 2 aromatic heterocycles. The lowest BCUT2D eigenvalue weighted by Gasteiger charge is -2.34. The molecule has 3 amide bonds. The molecule has 5 rings (SSSR count). The maximum atomic E-state index is 13.2. The van der Waals surface area contributed by atoms with Crippen molar-refractivity contribution in [3.8, 4) is 0 Å². The smallest absolute Gasteiger partial charge is 0.294 e. The number of nitrogens with one attached hydrogen (secondary N) is 2. The van der Waals surface area contributed by atoms with Gasteiger partial charge in [-0.25, -0.2) is 4.98 Å². The van der Waals surface area contributed by atoms with Crippen LogP contribution >= 0.6 is 11.6 Å². The minimum absolute atomic E-state index is 0.0163. The van der Waals surface area contributed by atoms with E-state index in [0.717, 1.165) is 25.8 Å². The number of benzene rings is 1. The first-order valence-corrected chi connectivity index (χ1v) is 11.9. The Morgan fingerprint density at radius 3 is 2.56 bits per heavy atom. The summed E-state index contributed by atoms with van der Waals surface area (Å²) in [5, 5.41) is 6.76. The van der Waals surface area contributed by atoms with Gasteiger partial charge in [0.15, 0.2) is 0 Å². The molecule has 1 saturated heterocycles. The molecule has 1 aliphatic heterocycles. The molecule has 2 aliphatic rings. The zero-order chi connectivity index (χ0) is 23.7. The van der Waals surface area contributed by atoms with Gasteiger partial charge < -0.3 is 20.0 Å². The molecule has 0 bridgehead atoms. The molecule has 2 N–H and O–H groups in total. The van der Waals surface area contributed by atoms with Crippen molar-refractivity contribution >= 4 is 51.8 Å². The second-order valence-corrected chi connectivity index (χ2v) is 9.24. The van der Waals surface area contributed by atoms with Crippen molar-refractivity contribution in [1.82, 2.24) is 9.88 Å². The normalized spacial score (nSPS) is 20.5. The minimum atomic E-state index is -0.516. The van der Waals surface area contributed by atoms with Crippen LogP contribution in [0, 0.1) is 5.92 Å². The molecule has 1 aromatic carbocycles. The van der Waals surface area contributed by atoms with Crippen LogP contribution in [-0.2, 0) is 9.59 Å². The lowest BCUT2D eigenvalue weighted by molar-refractivity contribution is -0.130. The fraction of sp³-hybridized carbons (Fsp3) is 0.360. The summed E-state index contributed by atoms with van der Waals surface area (Å²) in [6, 6.07) is 10.6. The van der Waals surface area contributed by atoms with Crippen molar-refractivity contribution in [1.29, 1.82) is 0 Å². The molecule has 2 fully saturated rings. The van der Waals surface area contributed by atoms with E-state index in [4.69, 9.17) is 16.0 Å². The Kier molecular flexibility index (Phi) is 6.24. The van der Waals surface area contributed by atoms with Gasteiger partial charge in [0.05, 0.1) is 5.02 Å². The summed E-state index contributed by atoms with van der Waals surface area (Å²) >= 11 is 5.87. The highest BCUT2D eigenvalue weighted by atomic mass is 35.5. The van der Waals surface area contributed by atoms with E-state index in [0.29, 0.717) is 46.8 Å². The number of amides is 3. The predicted molar refractivity (Wildman–Crippen MR) is 129 cm³/mol. The molecule has 176 valence electrons. The Morgan fingerprint density at radius 1 is 1.06 bits per heavy atom. The standard InChI is InChI=1S/C25H25ClN4O4/c26-16-9-12-20(27-14-16)28-25(33)23-22(18-4-1-2-5-19(18)34-23)29-24(32)15-7-10-17(11-8-15)30-13-3-6-21(30)31/h1-2,4-5,9,12,14-15,17H,3,6-8,10-11,13H2,(H,29,32)(H,27,28,33)/t15-,17-. The lowest BCUT2D eigenvalue weighted by atomic mass is 9.84. The minimum Gasteiger partial charge on any atom is -0.449 e. The monoisotopic (exact) mass is 480 g/mol. The van der Waals surface area contributed by atoms with E-state index < -0.39 is 5.91 Å². The molecule has 1 aliphatic carbocycles. The number of carbonyl (C=O) groups is 3. The summed E-state index contributed by atoms with van der Waals surface area (Å²) in [7, 11) is 0. The number of anilines is 2. The third kappa shape index (κ3) is 4.50. The summed E-state index contributed by atoms with van der Waals surface area (Å²) in [4.78, 5) is 44.3. The Labute approximate surface area is 201 Å². The fourth-order valence-corrected chi connectivity index (χ4v) is 4.99. The number of likely N-dealkylation sites (tertiary alicyclic amines) is 1. The Bertz CT molecular complexity index is 1230. The zero-order valence-corrected chi connectivity index (χ0v) is 19.3. The number of hydrogen-bond acceptors (Lipinski definition) is 5. The maximum Gasteiger partial charge on any atom is 0.294 e. The number of aromatic nitrogens is 1. The Morgan fingerprint density at radius 2 is 1.85 bits per heavy atom. The predicted octanol–water partition coefficient (Wildman–Crippen LogP) is 4.85. The average molecular weight is 481 g/mol. The van der Waals surface area contributed by atoms with Crippen molar-refractivity contribution in [2.24, 2.45) is 5.92 Å². The molecule has 1 saturated carbocycles. The number of fused-ring (bicyclic) bond motifs is 1. The van der Waals surface area contributed by atoms with Crippen molar-refractivity contribution in [3.63, 3.8) is 0 Å². The SMILES string of the molecule is O=C(Nc1ccc(Cl)cn1)c1oc2ccccc2c1NC(=O)[C@H]1CC[C@H](N2CCCC2=O)CC1. The highest BCUT2D eigenvalue weighted by Gasteiger charge is 2.34. The van der Waals surface area contributed by atoms with Gasteiger partial charge in [0, 0.05) is 36.5 Å². The van der Waals surface area contributed by atoms with Crippen molar-refractivity contribution in [2.45, 2.75) is 44.6 Å². The van der Waals surface area contributed by atoms with Crippen LogP contribution < -0.4 is 10.6 Å². The maximum absolute atomic E-state index is 13.2. The summed E-state index contributed by atoms with van der Waals surface area (Å²) in [6.45, 7) is 0.822. The van der Waals surface area contributed by atoms with E-state index in [1.807, 2.05) is 17.0 Å². The fourth-order valence-electron chi connectivity index (χ4n) is 4.88. The number of carbonyl (C=O) groups excluding carboxylic acids is 3. The number of halogens is 1. The van der Waals surface area contributed by atoms with Gasteiger partial charge in [0.1, 0.15) is 17.1 Å². The third-order valence-electron chi connectivity index (χ3n) is 6.64. The molecule has 3 heterocycles. The van der Waals surface area contributed by atoms with E-state index in [9.17, 15) is 14.4 Å². The molecule has 3 aromatic rings. The van der Waals surface area contributed by atoms with Crippen LogP contribution in [0.1, 0.15) is 49.1 Å². The molecule has 0 unspecified atom stereocenters. The van der Waals surface area contributed by atoms with E-state index in [1.165, 1.54) is 6.20 Å². The number of para-hydroxylation sites is 1. The van der Waals surface area contributed by atoms with Crippen LogP contribution in [0.15, 0.2) is 47.0 Å². The second-order valence-electron chi connectivity index (χ2n) is 8.80. The van der Waals surface area contributed by atoms with Gasteiger partial charge in [-0.3, -0.25) is 14.4 Å². The molecule has 9 heteroatoms. The zero-order valence-electron chi connectivity index (χ0n) is 18.6. The van der Waals surface area contributed by atoms with E-state index in [-0.39, 0.29) is 29.5 Å². The average Bonchev–Trinajstić information content (AvgIpc) is 3.44. The second kappa shape index (κ2) is 9.46. The molecule has 0 atom stereocenters. The summed E-state index contributed by atoms with van der Waals surface area (Å²) < 4.78 is 5.82. The van der Waals surface area contributed by atoms with Gasteiger partial charge >= 0.3 is 0 Å². The van der Waals surface area contributed by atoms with Gasteiger partial charge in [-0.05, 0) is 56.4 Å². The number of rotatable bonds is 5. The summed E-state index contributed by atoms with van der Waals surface area (Å²) in [5.74, 6) is -0.279. The summed E-state index contributed by atoms with van der Waals surface area (Å²) in [5.41, 5.74) is 0.854. The van der Waals surface area contributed by atoms with Crippen molar-refractivity contribution in [3.05, 3.63) is 53.4 Å². The highest BCUT2D eigenvalue weighted by Crippen LogP contribution is 2.34. The molecule has 34 heavy (non-hydrogen) atoms. The van der Waals surface area contributed by atoms with Crippen LogP contribution in [-0.4, -0.2) is 40.2 Å². The molecule has 8 nitrogen and oxygen atoms in total. The quantitative estimate of drug-likeness (QED) is 0.543. The topological polar surface area (TPSA) is 105 Å². The van der Waals surface area contributed by atoms with Crippen LogP contribution in [0.25, 0.3) is 11.0 Å². The highest BCUT2D eigenvalue weighted by molar-refractivity contribution is 6.30. The molecular weight excluding hydrogens is 456 g/mol. The van der Waals surface area contributed by atoms with Gasteiger partial charge in [0.2, 0.25) is 17.6 Å². The first-order valence-electron chi connectivity index (χ1n) is 11.5. The van der Waals surface area contributed by atoms with Crippen LogP contribution in [0.4, 0.5) is 11.5 Å². The third-order valence-corrected chi connectivity index (χ3v) is 6.86. The van der Waals surface area contributed by atoms with Crippen LogP contribution in [0.5, 0.6) is 0 Å². The molecular formula is C25H25ClN4O4. The van der Waals surface area contributed by atoms with E-state index in [2.05, 4.69) is 15.6 Å². The van der Waals surface area contributed by atoms with Crippen molar-refractivity contribution in [2.75, 3.05) is 17.2 Å². The van der Waals surface area contributed by atoms with Crippen LogP contribution in [0.2, 0.25) is 5.02 Å². The number of furan rings is 1. The largest absolute Gasteiger partial charge is 0.449 e. The molecule has 0 radical (unpaired) electrons. The lowest BCUT2D eigenvalue weighted by Crippen LogP contribution is -2.40. The number of nitrogens with zero attached hydrogens (tertiary/aromatic N) is 2. The van der Waals surface area contributed by atoms with Gasteiger partial charge in [-0.15, -0.1) is 0 Å². The van der Waals surface area contributed by atoms with Gasteiger partial charge in [0.25, 0.3) is 5.91 Å². The first kappa shape index (κ1) is 22.4. The van der Waals surface area contributed by atoms with Gasteiger partial charge in [-0.2, -0.15) is 0 Å². The Balaban J connectivity index is 1.32. The van der Waals surface area contributed by atoms with Crippen LogP contribution in [0.3, 0.4) is 0 Å². The van der Waals surface area contributed by atoms with E-state index >= 15 is 0 Å². The van der Waals surface area contributed by atoms with E-state index in [1.54, 1.807) is 24.3 Å². The number of pyridine rings is 1. The summed E-state index contributed by atoms with van der Waals surface area (Å²) in [6.07, 6.45) is 6.01. The molecule has 0 spiro atoms.